The molecule has 1 fully saturated rings. The van der Waals surface area contributed by atoms with Crippen LogP contribution in [0.5, 0.6) is 5.75 Å². The molecule has 1 atom stereocenters. The SMILES string of the molecule is CNc1ncc(CN2CCC(Cc3ccc(OC)cn3)C2)s1. The number of pyridine rings is 1. The maximum absolute atomic E-state index is 5.15. The van der Waals surface area contributed by atoms with Crippen LogP contribution in [-0.4, -0.2) is 42.1 Å². The first-order chi connectivity index (χ1) is 10.8. The topological polar surface area (TPSA) is 50.3 Å². The van der Waals surface area contributed by atoms with Crippen molar-refractivity contribution >= 4 is 16.5 Å². The number of rotatable bonds is 6. The number of ether oxygens (including phenoxy) is 1. The molecule has 5 nitrogen and oxygen atoms in total. The summed E-state index contributed by atoms with van der Waals surface area (Å²) in [6.07, 6.45) is 6.07. The highest BCUT2D eigenvalue weighted by atomic mass is 32.1. The summed E-state index contributed by atoms with van der Waals surface area (Å²) >= 11 is 1.74. The molecule has 0 aliphatic carbocycles. The van der Waals surface area contributed by atoms with Crippen LogP contribution in [-0.2, 0) is 13.0 Å². The first kappa shape index (κ1) is 15.2. The summed E-state index contributed by atoms with van der Waals surface area (Å²) in [5.41, 5.74) is 1.16. The van der Waals surface area contributed by atoms with Crippen LogP contribution < -0.4 is 10.1 Å². The molecule has 1 aliphatic rings. The van der Waals surface area contributed by atoms with Crippen molar-refractivity contribution in [1.29, 1.82) is 0 Å². The summed E-state index contributed by atoms with van der Waals surface area (Å²) in [7, 11) is 3.58. The standard InChI is InChI=1S/C16H22N4OS/c1-17-16-19-9-15(22-16)11-20-6-5-12(10-20)7-13-3-4-14(21-2)8-18-13/h3-4,8-9,12H,5-7,10-11H2,1-2H3,(H,17,19). The number of anilines is 1. The first-order valence-electron chi connectivity index (χ1n) is 7.60. The lowest BCUT2D eigenvalue weighted by molar-refractivity contribution is 0.318. The lowest BCUT2D eigenvalue weighted by atomic mass is 10.0. The second kappa shape index (κ2) is 7.07. The maximum Gasteiger partial charge on any atom is 0.182 e. The molecule has 0 amide bonds. The van der Waals surface area contributed by atoms with Crippen molar-refractivity contribution < 1.29 is 4.74 Å². The highest BCUT2D eigenvalue weighted by molar-refractivity contribution is 7.15. The number of hydrogen-bond acceptors (Lipinski definition) is 6. The minimum absolute atomic E-state index is 0.692. The molecule has 0 aromatic carbocycles. The summed E-state index contributed by atoms with van der Waals surface area (Å²) in [6, 6.07) is 4.07. The number of nitrogens with one attached hydrogen (secondary N) is 1. The third kappa shape index (κ3) is 3.75. The molecule has 0 saturated carbocycles. The Morgan fingerprint density at radius 2 is 2.27 bits per heavy atom. The van der Waals surface area contributed by atoms with Crippen molar-refractivity contribution in [2.24, 2.45) is 5.92 Å². The van der Waals surface area contributed by atoms with Gasteiger partial charge in [0.2, 0.25) is 0 Å². The number of methoxy groups -OCH3 is 1. The lowest BCUT2D eigenvalue weighted by Crippen LogP contribution is -2.20. The molecule has 0 bridgehead atoms. The van der Waals surface area contributed by atoms with Crippen LogP contribution in [0.3, 0.4) is 0 Å². The van der Waals surface area contributed by atoms with E-state index in [1.165, 1.54) is 11.3 Å². The Balaban J connectivity index is 1.51. The molecule has 1 unspecified atom stereocenters. The average molecular weight is 318 g/mol. The largest absolute Gasteiger partial charge is 0.495 e. The summed E-state index contributed by atoms with van der Waals surface area (Å²) < 4.78 is 5.15. The fourth-order valence-corrected chi connectivity index (χ4v) is 3.70. The van der Waals surface area contributed by atoms with E-state index in [2.05, 4.69) is 26.3 Å². The van der Waals surface area contributed by atoms with E-state index < -0.39 is 0 Å². The predicted octanol–water partition coefficient (Wildman–Crippen LogP) is 2.65. The summed E-state index contributed by atoms with van der Waals surface area (Å²) in [5, 5.41) is 4.09. The molecular weight excluding hydrogens is 296 g/mol. The van der Waals surface area contributed by atoms with Crippen molar-refractivity contribution in [2.75, 3.05) is 32.6 Å². The Kier molecular flexibility index (Phi) is 4.90. The van der Waals surface area contributed by atoms with Crippen LogP contribution in [0.2, 0.25) is 0 Å². The van der Waals surface area contributed by atoms with Crippen LogP contribution in [0.25, 0.3) is 0 Å². The van der Waals surface area contributed by atoms with Crippen LogP contribution in [0.1, 0.15) is 17.0 Å². The zero-order valence-electron chi connectivity index (χ0n) is 13.1. The van der Waals surface area contributed by atoms with E-state index in [-0.39, 0.29) is 0 Å². The van der Waals surface area contributed by atoms with Gasteiger partial charge in [0.15, 0.2) is 5.13 Å². The van der Waals surface area contributed by atoms with Gasteiger partial charge in [-0.1, -0.05) is 0 Å². The molecule has 1 saturated heterocycles. The van der Waals surface area contributed by atoms with Crippen molar-refractivity contribution in [3.63, 3.8) is 0 Å². The number of hydrogen-bond donors (Lipinski definition) is 1. The molecule has 118 valence electrons. The molecule has 0 radical (unpaired) electrons. The number of aromatic nitrogens is 2. The number of thiazole rings is 1. The van der Waals surface area contributed by atoms with Gasteiger partial charge < -0.3 is 10.1 Å². The Labute approximate surface area is 135 Å². The van der Waals surface area contributed by atoms with Crippen molar-refractivity contribution in [1.82, 2.24) is 14.9 Å². The van der Waals surface area contributed by atoms with Gasteiger partial charge in [-0.2, -0.15) is 0 Å². The third-order valence-electron chi connectivity index (χ3n) is 4.05. The van der Waals surface area contributed by atoms with Gasteiger partial charge in [-0.25, -0.2) is 4.98 Å². The molecule has 3 heterocycles. The van der Waals surface area contributed by atoms with Gasteiger partial charge in [-0.3, -0.25) is 9.88 Å². The minimum Gasteiger partial charge on any atom is -0.495 e. The van der Waals surface area contributed by atoms with Crippen LogP contribution in [0.15, 0.2) is 24.5 Å². The van der Waals surface area contributed by atoms with Gasteiger partial charge in [0.1, 0.15) is 5.75 Å². The molecule has 1 N–H and O–H groups in total. The summed E-state index contributed by atoms with van der Waals surface area (Å²) in [4.78, 5) is 12.7. The molecule has 22 heavy (non-hydrogen) atoms. The lowest BCUT2D eigenvalue weighted by Gasteiger charge is -2.14. The minimum atomic E-state index is 0.692. The van der Waals surface area contributed by atoms with E-state index in [0.717, 1.165) is 42.6 Å². The Morgan fingerprint density at radius 1 is 1.36 bits per heavy atom. The number of nitrogens with zero attached hydrogens (tertiary/aromatic N) is 3. The molecule has 2 aromatic heterocycles. The van der Waals surface area contributed by atoms with Gasteiger partial charge in [-0.05, 0) is 37.4 Å². The smallest absolute Gasteiger partial charge is 0.182 e. The molecular formula is C16H22N4OS. The monoisotopic (exact) mass is 318 g/mol. The molecule has 2 aromatic rings. The molecule has 3 rings (SSSR count). The van der Waals surface area contributed by atoms with Crippen molar-refractivity contribution in [3.8, 4) is 5.75 Å². The Hall–Kier alpha value is -1.66. The van der Waals surface area contributed by atoms with E-state index in [4.69, 9.17) is 4.74 Å². The van der Waals surface area contributed by atoms with Gasteiger partial charge >= 0.3 is 0 Å². The second-order valence-electron chi connectivity index (χ2n) is 5.67. The van der Waals surface area contributed by atoms with Crippen molar-refractivity contribution in [2.45, 2.75) is 19.4 Å². The van der Waals surface area contributed by atoms with E-state index in [1.807, 2.05) is 19.3 Å². The Bertz CT molecular complexity index is 598. The van der Waals surface area contributed by atoms with E-state index in [1.54, 1.807) is 24.6 Å². The predicted molar refractivity (Wildman–Crippen MR) is 89.5 cm³/mol. The summed E-state index contributed by atoms with van der Waals surface area (Å²) in [5.74, 6) is 1.51. The highest BCUT2D eigenvalue weighted by Crippen LogP contribution is 2.25. The van der Waals surface area contributed by atoms with Gasteiger partial charge in [0, 0.05) is 36.9 Å². The van der Waals surface area contributed by atoms with Crippen LogP contribution >= 0.6 is 11.3 Å². The maximum atomic E-state index is 5.15. The number of likely N-dealkylation sites (tertiary alicyclic amines) is 1. The zero-order valence-corrected chi connectivity index (χ0v) is 13.9. The third-order valence-corrected chi connectivity index (χ3v) is 5.05. The van der Waals surface area contributed by atoms with E-state index in [9.17, 15) is 0 Å². The summed E-state index contributed by atoms with van der Waals surface area (Å²) in [6.45, 7) is 3.31. The molecule has 1 aliphatic heterocycles. The molecule has 0 spiro atoms. The molecule has 6 heteroatoms. The fraction of sp³-hybridized carbons (Fsp3) is 0.500. The fourth-order valence-electron chi connectivity index (χ4n) is 2.89. The zero-order chi connectivity index (χ0) is 15.4. The van der Waals surface area contributed by atoms with Crippen LogP contribution in [0.4, 0.5) is 5.13 Å². The van der Waals surface area contributed by atoms with Gasteiger partial charge in [0.25, 0.3) is 0 Å². The quantitative estimate of drug-likeness (QED) is 0.887. The first-order valence-corrected chi connectivity index (χ1v) is 8.42. The van der Waals surface area contributed by atoms with Crippen LogP contribution in [0, 0.1) is 5.92 Å². The second-order valence-corrected chi connectivity index (χ2v) is 6.78. The highest BCUT2D eigenvalue weighted by Gasteiger charge is 2.23. The Morgan fingerprint density at radius 3 is 2.95 bits per heavy atom. The van der Waals surface area contributed by atoms with Gasteiger partial charge in [0.05, 0.1) is 13.3 Å². The average Bonchev–Trinajstić information content (AvgIpc) is 3.18. The van der Waals surface area contributed by atoms with Crippen molar-refractivity contribution in [3.05, 3.63) is 35.1 Å². The normalized spacial score (nSPS) is 18.5. The van der Waals surface area contributed by atoms with E-state index in [0.29, 0.717) is 5.92 Å². The van der Waals surface area contributed by atoms with Gasteiger partial charge in [-0.15, -0.1) is 11.3 Å². The van der Waals surface area contributed by atoms with E-state index >= 15 is 0 Å².